The fourth-order valence-corrected chi connectivity index (χ4v) is 2.22. The van der Waals surface area contributed by atoms with E-state index in [9.17, 15) is 13.6 Å². The van der Waals surface area contributed by atoms with Gasteiger partial charge >= 0.3 is 6.61 Å². The van der Waals surface area contributed by atoms with Gasteiger partial charge in [-0.1, -0.05) is 30.3 Å². The molecule has 0 aliphatic rings. The molecule has 0 spiro atoms. The molecule has 2 aromatic carbocycles. The molecule has 2 aromatic rings. The van der Waals surface area contributed by atoms with Crippen LogP contribution in [-0.2, 0) is 4.79 Å². The van der Waals surface area contributed by atoms with Gasteiger partial charge in [-0.2, -0.15) is 8.78 Å². The first-order valence-corrected chi connectivity index (χ1v) is 6.77. The quantitative estimate of drug-likeness (QED) is 0.812. The van der Waals surface area contributed by atoms with Gasteiger partial charge in [-0.05, 0) is 24.3 Å². The Morgan fingerprint density at radius 3 is 2.18 bits per heavy atom. The summed E-state index contributed by atoms with van der Waals surface area (Å²) in [4.78, 5) is 11.0. The lowest BCUT2D eigenvalue weighted by atomic mass is 9.98. The van der Waals surface area contributed by atoms with Crippen LogP contribution in [0.5, 0.6) is 5.75 Å². The van der Waals surface area contributed by atoms with Gasteiger partial charge in [-0.15, -0.1) is 0 Å². The van der Waals surface area contributed by atoms with Crippen LogP contribution in [0.15, 0.2) is 54.6 Å². The summed E-state index contributed by atoms with van der Waals surface area (Å²) >= 11 is 0. The minimum atomic E-state index is -2.85. The molecule has 0 saturated heterocycles. The van der Waals surface area contributed by atoms with Crippen molar-refractivity contribution in [1.29, 1.82) is 0 Å². The van der Waals surface area contributed by atoms with E-state index in [1.807, 2.05) is 30.3 Å². The van der Waals surface area contributed by atoms with Crippen LogP contribution in [0.1, 0.15) is 17.2 Å². The van der Waals surface area contributed by atoms with Crippen LogP contribution in [0.3, 0.4) is 0 Å². The predicted octanol–water partition coefficient (Wildman–Crippen LogP) is 1.43. The zero-order chi connectivity index (χ0) is 15.9. The van der Waals surface area contributed by atoms with Crippen molar-refractivity contribution in [2.75, 3.05) is 6.54 Å². The summed E-state index contributed by atoms with van der Waals surface area (Å²) in [6.45, 7) is -2.72. The molecule has 6 heteroatoms. The molecule has 0 aliphatic carbocycles. The Balaban J connectivity index is 2.22. The number of quaternary nitrogens is 1. The lowest BCUT2D eigenvalue weighted by Crippen LogP contribution is -2.87. The van der Waals surface area contributed by atoms with Crippen LogP contribution < -0.4 is 15.8 Å². The summed E-state index contributed by atoms with van der Waals surface area (Å²) in [5.41, 5.74) is 7.06. The monoisotopic (exact) mass is 307 g/mol. The summed E-state index contributed by atoms with van der Waals surface area (Å²) in [5, 5.41) is 1.81. The molecule has 116 valence electrons. The predicted molar refractivity (Wildman–Crippen MR) is 77.3 cm³/mol. The van der Waals surface area contributed by atoms with Crippen LogP contribution in [0.25, 0.3) is 0 Å². The van der Waals surface area contributed by atoms with Gasteiger partial charge in [0.1, 0.15) is 11.8 Å². The second-order valence-corrected chi connectivity index (χ2v) is 4.74. The number of ether oxygens (including phenoxy) is 1. The molecule has 4 N–H and O–H groups in total. The van der Waals surface area contributed by atoms with Crippen LogP contribution in [0.2, 0.25) is 0 Å². The number of hydrogen-bond donors (Lipinski definition) is 2. The molecule has 0 aromatic heterocycles. The Bertz CT molecular complexity index is 603. The largest absolute Gasteiger partial charge is 0.435 e. The maximum absolute atomic E-state index is 12.2. The van der Waals surface area contributed by atoms with Crippen molar-refractivity contribution < 1.29 is 23.6 Å². The number of alkyl halides is 2. The molecule has 0 unspecified atom stereocenters. The topological polar surface area (TPSA) is 68.9 Å². The van der Waals surface area contributed by atoms with E-state index in [1.165, 1.54) is 12.1 Å². The Morgan fingerprint density at radius 2 is 1.64 bits per heavy atom. The smallest absolute Gasteiger partial charge is 0.387 e. The molecular weight excluding hydrogens is 290 g/mol. The number of benzene rings is 2. The number of halogens is 2. The van der Waals surface area contributed by atoms with Crippen molar-refractivity contribution in [3.8, 4) is 5.75 Å². The second-order valence-electron chi connectivity index (χ2n) is 4.74. The van der Waals surface area contributed by atoms with Crippen LogP contribution >= 0.6 is 0 Å². The first-order chi connectivity index (χ1) is 10.6. The van der Waals surface area contributed by atoms with Gasteiger partial charge in [0.05, 0.1) is 0 Å². The van der Waals surface area contributed by atoms with E-state index in [0.29, 0.717) is 0 Å². The fraction of sp³-hybridized carbons (Fsp3) is 0.188. The van der Waals surface area contributed by atoms with E-state index in [0.717, 1.165) is 11.1 Å². The van der Waals surface area contributed by atoms with Crippen LogP contribution in [-0.4, -0.2) is 19.1 Å². The molecule has 4 nitrogen and oxygen atoms in total. The molecule has 2 rings (SSSR count). The van der Waals surface area contributed by atoms with Crippen molar-refractivity contribution in [1.82, 2.24) is 0 Å². The number of carbonyl (C=O) groups is 1. The van der Waals surface area contributed by atoms with E-state index < -0.39 is 12.5 Å². The lowest BCUT2D eigenvalue weighted by molar-refractivity contribution is -0.676. The SMILES string of the molecule is NC(=O)C[NH2+][C@H](c1ccccc1)c1ccc(OC(F)F)cc1. The van der Waals surface area contributed by atoms with E-state index in [-0.39, 0.29) is 18.3 Å². The van der Waals surface area contributed by atoms with E-state index in [4.69, 9.17) is 5.73 Å². The molecule has 0 radical (unpaired) electrons. The molecule has 0 aliphatic heterocycles. The lowest BCUT2D eigenvalue weighted by Gasteiger charge is -2.16. The van der Waals surface area contributed by atoms with E-state index >= 15 is 0 Å². The average molecular weight is 307 g/mol. The highest BCUT2D eigenvalue weighted by Gasteiger charge is 2.18. The minimum Gasteiger partial charge on any atom is -0.435 e. The van der Waals surface area contributed by atoms with Gasteiger partial charge in [0.25, 0.3) is 5.91 Å². The molecule has 22 heavy (non-hydrogen) atoms. The number of carbonyl (C=O) groups excluding carboxylic acids is 1. The minimum absolute atomic E-state index is 0.0977. The Morgan fingerprint density at radius 1 is 1.05 bits per heavy atom. The fourth-order valence-electron chi connectivity index (χ4n) is 2.22. The average Bonchev–Trinajstić information content (AvgIpc) is 2.49. The van der Waals surface area contributed by atoms with Crippen molar-refractivity contribution >= 4 is 5.91 Å². The van der Waals surface area contributed by atoms with E-state index in [1.54, 1.807) is 17.4 Å². The van der Waals surface area contributed by atoms with Crippen LogP contribution in [0, 0.1) is 0 Å². The van der Waals surface area contributed by atoms with Gasteiger partial charge in [-0.25, -0.2) is 0 Å². The van der Waals surface area contributed by atoms with Crippen molar-refractivity contribution in [2.24, 2.45) is 5.73 Å². The van der Waals surface area contributed by atoms with Gasteiger partial charge in [0.2, 0.25) is 0 Å². The van der Waals surface area contributed by atoms with Gasteiger partial charge in [-0.3, -0.25) is 4.79 Å². The highest BCUT2D eigenvalue weighted by Crippen LogP contribution is 2.22. The Hall–Kier alpha value is -2.47. The van der Waals surface area contributed by atoms with Crippen LogP contribution in [0.4, 0.5) is 8.78 Å². The summed E-state index contributed by atoms with van der Waals surface area (Å²) in [6, 6.07) is 15.8. The number of primary amides is 1. The molecule has 1 atom stereocenters. The molecule has 0 saturated carbocycles. The second kappa shape index (κ2) is 7.51. The zero-order valence-corrected chi connectivity index (χ0v) is 11.8. The molecule has 1 amide bonds. The van der Waals surface area contributed by atoms with Crippen molar-refractivity contribution in [2.45, 2.75) is 12.7 Å². The Labute approximate surface area is 126 Å². The van der Waals surface area contributed by atoms with Crippen molar-refractivity contribution in [3.05, 3.63) is 65.7 Å². The number of nitrogens with two attached hydrogens (primary N) is 2. The maximum Gasteiger partial charge on any atom is 0.387 e. The summed E-state index contributed by atoms with van der Waals surface area (Å²) in [7, 11) is 0. The third kappa shape index (κ3) is 4.53. The Kier molecular flexibility index (Phi) is 5.43. The summed E-state index contributed by atoms with van der Waals surface area (Å²) in [5.74, 6) is -0.320. The van der Waals surface area contributed by atoms with Gasteiger partial charge < -0.3 is 15.8 Å². The standard InChI is InChI=1S/C16H16F2N2O2/c17-16(18)22-13-8-6-12(7-9-13)15(20-10-14(19)21)11-4-2-1-3-5-11/h1-9,15-16,20H,10H2,(H2,19,21)/p+1/t15-/m1/s1. The molecule has 0 heterocycles. The highest BCUT2D eigenvalue weighted by molar-refractivity contribution is 5.74. The molecular formula is C16H17F2N2O2+. The van der Waals surface area contributed by atoms with Crippen molar-refractivity contribution in [3.63, 3.8) is 0 Å². The number of rotatable bonds is 7. The summed E-state index contributed by atoms with van der Waals surface area (Å²) < 4.78 is 28.7. The van der Waals surface area contributed by atoms with E-state index in [2.05, 4.69) is 4.74 Å². The third-order valence-electron chi connectivity index (χ3n) is 3.18. The highest BCUT2D eigenvalue weighted by atomic mass is 19.3. The first kappa shape index (κ1) is 15.9. The first-order valence-electron chi connectivity index (χ1n) is 6.77. The summed E-state index contributed by atoms with van der Waals surface area (Å²) in [6.07, 6.45) is 0. The number of hydrogen-bond acceptors (Lipinski definition) is 2. The van der Waals surface area contributed by atoms with Gasteiger partial charge in [0.15, 0.2) is 6.54 Å². The molecule has 0 bridgehead atoms. The maximum atomic E-state index is 12.2. The molecule has 0 fully saturated rings. The number of amides is 1. The normalized spacial score (nSPS) is 12.1. The zero-order valence-electron chi connectivity index (χ0n) is 11.8. The van der Waals surface area contributed by atoms with Gasteiger partial charge in [0, 0.05) is 11.1 Å². The third-order valence-corrected chi connectivity index (χ3v) is 3.18.